The van der Waals surface area contributed by atoms with Crippen molar-refractivity contribution in [2.45, 2.75) is 19.2 Å². The Hall–Kier alpha value is -1.35. The van der Waals surface area contributed by atoms with Gasteiger partial charge in [0.1, 0.15) is 0 Å². The number of aromatic nitrogens is 1. The van der Waals surface area contributed by atoms with Crippen LogP contribution in [0.25, 0.3) is 5.69 Å². The minimum atomic E-state index is 0.0872. The summed E-state index contributed by atoms with van der Waals surface area (Å²) in [6.07, 6.45) is 1.91. The molecule has 0 aliphatic carbocycles. The zero-order valence-electron chi connectivity index (χ0n) is 9.90. The summed E-state index contributed by atoms with van der Waals surface area (Å²) >= 11 is 3.34. The number of halogens is 1. The Morgan fingerprint density at radius 2 is 1.94 bits per heavy atom. The lowest BCUT2D eigenvalue weighted by Gasteiger charge is -2.14. The van der Waals surface area contributed by atoms with E-state index in [2.05, 4.69) is 39.6 Å². The summed E-state index contributed by atoms with van der Waals surface area (Å²) in [6, 6.07) is 9.84. The van der Waals surface area contributed by atoms with Crippen molar-refractivity contribution in [2.75, 3.05) is 0 Å². The van der Waals surface area contributed by atoms with E-state index in [1.807, 2.05) is 25.3 Å². The second kappa shape index (κ2) is 4.88. The second-order valence-electron chi connectivity index (χ2n) is 4.09. The zero-order valence-corrected chi connectivity index (χ0v) is 11.5. The third-order valence-electron chi connectivity index (χ3n) is 2.84. The van der Waals surface area contributed by atoms with Crippen molar-refractivity contribution >= 4 is 15.9 Å². The highest BCUT2D eigenvalue weighted by atomic mass is 79.9. The molecular weight excluding hydrogens is 278 g/mol. The lowest BCUT2D eigenvalue weighted by atomic mass is 10.1. The molecule has 88 valence electrons. The molecular formula is C14H14BrNO. The van der Waals surface area contributed by atoms with Crippen molar-refractivity contribution in [1.82, 2.24) is 4.57 Å². The standard InChI is InChI=1S/C14H14BrNO/c1-10-5-3-4-6-13(10)16-9-12(8-15)14(17)7-11(16)2/h3-7,9H,8H2,1-2H3. The van der Waals surface area contributed by atoms with Crippen molar-refractivity contribution in [1.29, 1.82) is 0 Å². The Bertz CT molecular complexity index is 601. The molecule has 0 saturated carbocycles. The van der Waals surface area contributed by atoms with E-state index in [1.165, 1.54) is 5.56 Å². The highest BCUT2D eigenvalue weighted by Crippen LogP contribution is 2.16. The van der Waals surface area contributed by atoms with Gasteiger partial charge in [-0.1, -0.05) is 34.1 Å². The van der Waals surface area contributed by atoms with Crippen molar-refractivity contribution in [3.63, 3.8) is 0 Å². The summed E-state index contributed by atoms with van der Waals surface area (Å²) in [5.74, 6) is 0. The van der Waals surface area contributed by atoms with Crippen LogP contribution in [0.1, 0.15) is 16.8 Å². The van der Waals surface area contributed by atoms with E-state index in [0.717, 1.165) is 16.9 Å². The van der Waals surface area contributed by atoms with Gasteiger partial charge in [-0.2, -0.15) is 0 Å². The van der Waals surface area contributed by atoms with Crippen molar-refractivity contribution < 1.29 is 0 Å². The lowest BCUT2D eigenvalue weighted by Crippen LogP contribution is -2.13. The van der Waals surface area contributed by atoms with Crippen molar-refractivity contribution in [2.24, 2.45) is 0 Å². The van der Waals surface area contributed by atoms with Gasteiger partial charge in [-0.05, 0) is 25.5 Å². The topological polar surface area (TPSA) is 22.0 Å². The van der Waals surface area contributed by atoms with Gasteiger partial charge in [-0.3, -0.25) is 4.79 Å². The van der Waals surface area contributed by atoms with Gasteiger partial charge in [0.05, 0.1) is 0 Å². The van der Waals surface area contributed by atoms with Crippen molar-refractivity contribution in [3.05, 3.63) is 63.6 Å². The van der Waals surface area contributed by atoms with Crippen molar-refractivity contribution in [3.8, 4) is 5.69 Å². The van der Waals surface area contributed by atoms with Crippen LogP contribution >= 0.6 is 15.9 Å². The summed E-state index contributed by atoms with van der Waals surface area (Å²) in [5, 5.41) is 0.581. The highest BCUT2D eigenvalue weighted by molar-refractivity contribution is 9.08. The van der Waals surface area contributed by atoms with Gasteiger partial charge in [0.15, 0.2) is 5.43 Å². The summed E-state index contributed by atoms with van der Waals surface area (Å²) in [4.78, 5) is 11.7. The number of pyridine rings is 1. The van der Waals surface area contributed by atoms with Crippen LogP contribution in [0.15, 0.2) is 41.3 Å². The maximum atomic E-state index is 11.7. The number of aryl methyl sites for hydroxylation is 2. The molecule has 17 heavy (non-hydrogen) atoms. The third-order valence-corrected chi connectivity index (χ3v) is 3.44. The molecule has 1 aromatic heterocycles. The molecule has 0 unspecified atom stereocenters. The van der Waals surface area contributed by atoms with E-state index in [9.17, 15) is 4.79 Å². The van der Waals surface area contributed by atoms with Gasteiger partial charge in [0, 0.05) is 34.5 Å². The number of rotatable bonds is 2. The van der Waals surface area contributed by atoms with E-state index in [4.69, 9.17) is 0 Å². The smallest absolute Gasteiger partial charge is 0.185 e. The normalized spacial score (nSPS) is 10.5. The molecule has 2 rings (SSSR count). The van der Waals surface area contributed by atoms with Crippen LogP contribution in [-0.4, -0.2) is 4.57 Å². The number of hydrogen-bond donors (Lipinski definition) is 0. The average molecular weight is 292 g/mol. The molecule has 0 bridgehead atoms. The van der Waals surface area contributed by atoms with Gasteiger partial charge in [0.2, 0.25) is 0 Å². The van der Waals surface area contributed by atoms with Gasteiger partial charge >= 0.3 is 0 Å². The molecule has 0 N–H and O–H groups in total. The molecule has 1 heterocycles. The monoisotopic (exact) mass is 291 g/mol. The van der Waals surface area contributed by atoms with E-state index in [0.29, 0.717) is 5.33 Å². The Labute approximate surface area is 109 Å². The Kier molecular flexibility index (Phi) is 3.48. The maximum Gasteiger partial charge on any atom is 0.185 e. The number of nitrogens with zero attached hydrogens (tertiary/aromatic N) is 1. The Morgan fingerprint density at radius 1 is 1.24 bits per heavy atom. The molecule has 2 aromatic rings. The molecule has 2 nitrogen and oxygen atoms in total. The fourth-order valence-electron chi connectivity index (χ4n) is 1.87. The first-order valence-corrected chi connectivity index (χ1v) is 6.60. The van der Waals surface area contributed by atoms with Crippen LogP contribution in [0, 0.1) is 13.8 Å². The summed E-state index contributed by atoms with van der Waals surface area (Å²) in [6.45, 7) is 4.02. The number of hydrogen-bond acceptors (Lipinski definition) is 1. The SMILES string of the molecule is Cc1ccccc1-n1cc(CBr)c(=O)cc1C. The fraction of sp³-hybridized carbons (Fsp3) is 0.214. The van der Waals surface area contributed by atoms with E-state index < -0.39 is 0 Å². The molecule has 0 amide bonds. The Morgan fingerprint density at radius 3 is 2.59 bits per heavy atom. The van der Waals surface area contributed by atoms with Gasteiger partial charge < -0.3 is 4.57 Å². The quantitative estimate of drug-likeness (QED) is 0.778. The molecule has 3 heteroatoms. The average Bonchev–Trinajstić information content (AvgIpc) is 2.31. The van der Waals surface area contributed by atoms with Crippen LogP contribution in [-0.2, 0) is 5.33 Å². The first-order chi connectivity index (χ1) is 8.13. The number of para-hydroxylation sites is 1. The number of alkyl halides is 1. The highest BCUT2D eigenvalue weighted by Gasteiger charge is 2.06. The molecule has 0 aliphatic heterocycles. The predicted molar refractivity (Wildman–Crippen MR) is 74.1 cm³/mol. The van der Waals surface area contributed by atoms with E-state index >= 15 is 0 Å². The zero-order chi connectivity index (χ0) is 12.4. The van der Waals surface area contributed by atoms with Crippen LogP contribution in [0.3, 0.4) is 0 Å². The summed E-state index contributed by atoms with van der Waals surface area (Å²) < 4.78 is 2.06. The molecule has 0 saturated heterocycles. The molecule has 0 spiro atoms. The molecule has 0 fully saturated rings. The molecule has 0 atom stereocenters. The predicted octanol–water partition coefficient (Wildman–Crippen LogP) is 3.35. The summed E-state index contributed by atoms with van der Waals surface area (Å²) in [5.41, 5.74) is 4.13. The second-order valence-corrected chi connectivity index (χ2v) is 4.66. The fourth-order valence-corrected chi connectivity index (χ4v) is 2.29. The first kappa shape index (κ1) is 12.1. The number of benzene rings is 1. The minimum Gasteiger partial charge on any atom is -0.320 e. The first-order valence-electron chi connectivity index (χ1n) is 5.47. The van der Waals surface area contributed by atoms with Gasteiger partial charge in [-0.25, -0.2) is 0 Å². The molecule has 1 aromatic carbocycles. The minimum absolute atomic E-state index is 0.0872. The third kappa shape index (κ3) is 2.34. The van der Waals surface area contributed by atoms with E-state index in [-0.39, 0.29) is 5.43 Å². The summed E-state index contributed by atoms with van der Waals surface area (Å²) in [7, 11) is 0. The maximum absolute atomic E-state index is 11.7. The lowest BCUT2D eigenvalue weighted by molar-refractivity contribution is 0.947. The Balaban J connectivity index is 2.68. The van der Waals surface area contributed by atoms with Crippen LogP contribution in [0.5, 0.6) is 0 Å². The van der Waals surface area contributed by atoms with Crippen LogP contribution in [0.4, 0.5) is 0 Å². The largest absolute Gasteiger partial charge is 0.320 e. The van der Waals surface area contributed by atoms with Crippen LogP contribution < -0.4 is 5.43 Å². The van der Waals surface area contributed by atoms with Gasteiger partial charge in [0.25, 0.3) is 0 Å². The van der Waals surface area contributed by atoms with Crippen LogP contribution in [0.2, 0.25) is 0 Å². The molecule has 0 radical (unpaired) electrons. The van der Waals surface area contributed by atoms with Gasteiger partial charge in [-0.15, -0.1) is 0 Å². The molecule has 0 aliphatic rings. The van der Waals surface area contributed by atoms with E-state index in [1.54, 1.807) is 6.07 Å².